The van der Waals surface area contributed by atoms with E-state index in [1.54, 1.807) is 0 Å². The van der Waals surface area contributed by atoms with Crippen molar-refractivity contribution in [3.05, 3.63) is 35.4 Å². The molecule has 0 fully saturated rings. The fourth-order valence-electron chi connectivity index (χ4n) is 2.03. The lowest BCUT2D eigenvalue weighted by Crippen LogP contribution is -2.31. The quantitative estimate of drug-likeness (QED) is 0.746. The SMILES string of the molecule is CCCNC(CC)Cc1ccc(C(C)C)cc1. The van der Waals surface area contributed by atoms with Crippen molar-refractivity contribution in [2.45, 2.75) is 58.9 Å². The van der Waals surface area contributed by atoms with Gasteiger partial charge in [-0.05, 0) is 42.9 Å². The number of hydrogen-bond donors (Lipinski definition) is 1. The highest BCUT2D eigenvalue weighted by molar-refractivity contribution is 5.25. The normalized spacial score (nSPS) is 13.0. The van der Waals surface area contributed by atoms with E-state index < -0.39 is 0 Å². The van der Waals surface area contributed by atoms with Gasteiger partial charge in [-0.3, -0.25) is 0 Å². The summed E-state index contributed by atoms with van der Waals surface area (Å²) in [4.78, 5) is 0. The molecule has 0 aromatic heterocycles. The van der Waals surface area contributed by atoms with E-state index in [2.05, 4.69) is 57.3 Å². The topological polar surface area (TPSA) is 12.0 Å². The van der Waals surface area contributed by atoms with Gasteiger partial charge in [0.1, 0.15) is 0 Å². The van der Waals surface area contributed by atoms with Gasteiger partial charge in [0.05, 0.1) is 0 Å². The molecule has 0 spiro atoms. The molecule has 0 saturated heterocycles. The van der Waals surface area contributed by atoms with Crippen LogP contribution < -0.4 is 5.32 Å². The van der Waals surface area contributed by atoms with Crippen LogP contribution in [-0.2, 0) is 6.42 Å². The smallest absolute Gasteiger partial charge is 0.0105 e. The zero-order valence-corrected chi connectivity index (χ0v) is 11.8. The zero-order chi connectivity index (χ0) is 12.7. The van der Waals surface area contributed by atoms with Crippen LogP contribution in [0.4, 0.5) is 0 Å². The summed E-state index contributed by atoms with van der Waals surface area (Å²) in [6.45, 7) is 10.1. The summed E-state index contributed by atoms with van der Waals surface area (Å²) < 4.78 is 0. The molecule has 1 atom stereocenters. The fourth-order valence-corrected chi connectivity index (χ4v) is 2.03. The molecule has 0 saturated carbocycles. The van der Waals surface area contributed by atoms with Gasteiger partial charge in [0.2, 0.25) is 0 Å². The van der Waals surface area contributed by atoms with Crippen molar-refractivity contribution in [2.75, 3.05) is 6.54 Å². The molecular formula is C16H27N. The Bertz CT molecular complexity index is 300. The third-order valence-electron chi connectivity index (χ3n) is 3.30. The number of rotatable bonds is 7. The van der Waals surface area contributed by atoms with Gasteiger partial charge in [-0.25, -0.2) is 0 Å². The van der Waals surface area contributed by atoms with Crippen molar-refractivity contribution in [3.63, 3.8) is 0 Å². The molecule has 1 aromatic carbocycles. The first-order valence-corrected chi connectivity index (χ1v) is 6.99. The molecule has 0 amide bonds. The van der Waals surface area contributed by atoms with Crippen molar-refractivity contribution >= 4 is 0 Å². The molecule has 1 nitrogen and oxygen atoms in total. The van der Waals surface area contributed by atoms with Crippen LogP contribution in [0.1, 0.15) is 57.6 Å². The van der Waals surface area contributed by atoms with Gasteiger partial charge < -0.3 is 5.32 Å². The molecule has 1 N–H and O–H groups in total. The molecule has 0 bridgehead atoms. The molecule has 0 aliphatic heterocycles. The Morgan fingerprint density at radius 2 is 1.71 bits per heavy atom. The van der Waals surface area contributed by atoms with Crippen LogP contribution in [0.3, 0.4) is 0 Å². The van der Waals surface area contributed by atoms with Crippen molar-refractivity contribution in [3.8, 4) is 0 Å². The van der Waals surface area contributed by atoms with Crippen molar-refractivity contribution < 1.29 is 0 Å². The zero-order valence-electron chi connectivity index (χ0n) is 11.8. The highest BCUT2D eigenvalue weighted by atomic mass is 14.9. The molecule has 17 heavy (non-hydrogen) atoms. The minimum Gasteiger partial charge on any atom is -0.314 e. The Kier molecular flexibility index (Phi) is 6.28. The molecule has 0 aliphatic carbocycles. The molecule has 0 radical (unpaired) electrons. The molecular weight excluding hydrogens is 206 g/mol. The minimum absolute atomic E-state index is 0.625. The predicted molar refractivity (Wildman–Crippen MR) is 76.6 cm³/mol. The van der Waals surface area contributed by atoms with E-state index in [9.17, 15) is 0 Å². The van der Waals surface area contributed by atoms with E-state index in [0.29, 0.717) is 12.0 Å². The summed E-state index contributed by atoms with van der Waals surface area (Å²) in [5, 5.41) is 3.60. The average molecular weight is 233 g/mol. The van der Waals surface area contributed by atoms with Gasteiger partial charge in [0.15, 0.2) is 0 Å². The summed E-state index contributed by atoms with van der Waals surface area (Å²) in [6, 6.07) is 9.73. The maximum Gasteiger partial charge on any atom is 0.0105 e. The molecule has 96 valence electrons. The highest BCUT2D eigenvalue weighted by Gasteiger charge is 2.06. The standard InChI is InChI=1S/C16H27N/c1-5-11-17-16(6-2)12-14-7-9-15(10-8-14)13(3)4/h7-10,13,16-17H,5-6,11-12H2,1-4H3. The van der Waals surface area contributed by atoms with Crippen LogP contribution in [0.5, 0.6) is 0 Å². The molecule has 0 heterocycles. The van der Waals surface area contributed by atoms with E-state index in [-0.39, 0.29) is 0 Å². The molecule has 1 heteroatoms. The Hall–Kier alpha value is -0.820. The van der Waals surface area contributed by atoms with E-state index in [1.165, 1.54) is 24.0 Å². The van der Waals surface area contributed by atoms with E-state index in [0.717, 1.165) is 13.0 Å². The second-order valence-electron chi connectivity index (χ2n) is 5.16. The van der Waals surface area contributed by atoms with Gasteiger partial charge in [-0.2, -0.15) is 0 Å². The highest BCUT2D eigenvalue weighted by Crippen LogP contribution is 2.15. The fraction of sp³-hybridized carbons (Fsp3) is 0.625. The third kappa shape index (κ3) is 4.91. The molecule has 1 aromatic rings. The molecule has 1 unspecified atom stereocenters. The summed E-state index contributed by atoms with van der Waals surface area (Å²) in [5.41, 5.74) is 2.88. The van der Waals surface area contributed by atoms with Crippen LogP contribution in [0, 0.1) is 0 Å². The first-order valence-electron chi connectivity index (χ1n) is 6.99. The van der Waals surface area contributed by atoms with Crippen LogP contribution in [0.15, 0.2) is 24.3 Å². The Labute approximate surface area is 107 Å². The lowest BCUT2D eigenvalue weighted by molar-refractivity contribution is 0.494. The average Bonchev–Trinajstić information content (AvgIpc) is 2.35. The Morgan fingerprint density at radius 3 is 2.18 bits per heavy atom. The summed E-state index contributed by atoms with van der Waals surface area (Å²) in [7, 11) is 0. The molecule has 0 aliphatic rings. The Balaban J connectivity index is 2.54. The number of hydrogen-bond acceptors (Lipinski definition) is 1. The maximum atomic E-state index is 3.60. The second kappa shape index (κ2) is 7.50. The van der Waals surface area contributed by atoms with E-state index >= 15 is 0 Å². The summed E-state index contributed by atoms with van der Waals surface area (Å²) in [6.07, 6.45) is 3.56. The first-order chi connectivity index (χ1) is 8.17. The van der Waals surface area contributed by atoms with Crippen LogP contribution in [-0.4, -0.2) is 12.6 Å². The van der Waals surface area contributed by atoms with Gasteiger partial charge in [0.25, 0.3) is 0 Å². The van der Waals surface area contributed by atoms with Crippen molar-refractivity contribution in [2.24, 2.45) is 0 Å². The Morgan fingerprint density at radius 1 is 1.06 bits per heavy atom. The van der Waals surface area contributed by atoms with E-state index in [4.69, 9.17) is 0 Å². The summed E-state index contributed by atoms with van der Waals surface area (Å²) in [5.74, 6) is 0.629. The minimum atomic E-state index is 0.625. The number of nitrogens with one attached hydrogen (secondary N) is 1. The van der Waals surface area contributed by atoms with Gasteiger partial charge >= 0.3 is 0 Å². The lowest BCUT2D eigenvalue weighted by Gasteiger charge is -2.17. The largest absolute Gasteiger partial charge is 0.314 e. The third-order valence-corrected chi connectivity index (χ3v) is 3.30. The predicted octanol–water partition coefficient (Wildman–Crippen LogP) is 4.13. The monoisotopic (exact) mass is 233 g/mol. The van der Waals surface area contributed by atoms with E-state index in [1.807, 2.05) is 0 Å². The molecule has 1 rings (SSSR count). The van der Waals surface area contributed by atoms with Crippen LogP contribution in [0.25, 0.3) is 0 Å². The lowest BCUT2D eigenvalue weighted by atomic mass is 9.98. The van der Waals surface area contributed by atoms with Gasteiger partial charge in [-0.1, -0.05) is 52.0 Å². The van der Waals surface area contributed by atoms with Crippen LogP contribution >= 0.6 is 0 Å². The summed E-state index contributed by atoms with van der Waals surface area (Å²) >= 11 is 0. The van der Waals surface area contributed by atoms with Crippen molar-refractivity contribution in [1.82, 2.24) is 5.32 Å². The number of benzene rings is 1. The van der Waals surface area contributed by atoms with Crippen molar-refractivity contribution in [1.29, 1.82) is 0 Å². The maximum absolute atomic E-state index is 3.60. The van der Waals surface area contributed by atoms with Crippen LogP contribution in [0.2, 0.25) is 0 Å². The second-order valence-corrected chi connectivity index (χ2v) is 5.16. The van der Waals surface area contributed by atoms with Gasteiger partial charge in [0, 0.05) is 6.04 Å². The van der Waals surface area contributed by atoms with Gasteiger partial charge in [-0.15, -0.1) is 0 Å². The first kappa shape index (κ1) is 14.2.